The lowest BCUT2D eigenvalue weighted by Gasteiger charge is -2.18. The van der Waals surface area contributed by atoms with E-state index in [1.165, 1.54) is 6.08 Å². The number of carbonyl (C=O) groups is 1. The highest BCUT2D eigenvalue weighted by molar-refractivity contribution is 5.83. The second-order valence-electron chi connectivity index (χ2n) is 4.69. The summed E-state index contributed by atoms with van der Waals surface area (Å²) in [7, 11) is 1.86. The highest BCUT2D eigenvalue weighted by Gasteiger charge is 2.31. The topological polar surface area (TPSA) is 55.1 Å². The first-order valence-electron chi connectivity index (χ1n) is 5.75. The summed E-state index contributed by atoms with van der Waals surface area (Å²) in [5, 5.41) is 14.7. The van der Waals surface area contributed by atoms with Crippen molar-refractivity contribution in [3.05, 3.63) is 42.6 Å². The molecule has 1 atom stereocenters. The van der Waals surface area contributed by atoms with E-state index in [-0.39, 0.29) is 0 Å². The van der Waals surface area contributed by atoms with Crippen LogP contribution in [-0.2, 0) is 18.3 Å². The number of aliphatic carboxylic acids is 1. The molecule has 0 amide bonds. The third-order valence-corrected chi connectivity index (χ3v) is 3.31. The van der Waals surface area contributed by atoms with Crippen LogP contribution >= 0.6 is 0 Å². The van der Waals surface area contributed by atoms with E-state index in [1.54, 1.807) is 11.6 Å². The van der Waals surface area contributed by atoms with Crippen LogP contribution in [0.2, 0.25) is 0 Å². The number of nitrogens with zero attached hydrogens (tertiary/aromatic N) is 2. The molecule has 1 aromatic heterocycles. The largest absolute Gasteiger partial charge is 0.481 e. The van der Waals surface area contributed by atoms with Crippen molar-refractivity contribution in [2.24, 2.45) is 12.5 Å². The van der Waals surface area contributed by atoms with Gasteiger partial charge in [0, 0.05) is 18.9 Å². The molecule has 94 valence electrons. The Kier molecular flexibility index (Phi) is 2.95. The second-order valence-corrected chi connectivity index (χ2v) is 4.69. The summed E-state index contributed by atoms with van der Waals surface area (Å²) in [6.45, 7) is 5.28. The summed E-state index contributed by atoms with van der Waals surface area (Å²) in [5.74, 6) is -0.882. The van der Waals surface area contributed by atoms with E-state index in [4.69, 9.17) is 0 Å². The van der Waals surface area contributed by atoms with E-state index in [0.29, 0.717) is 6.42 Å². The van der Waals surface area contributed by atoms with Gasteiger partial charge in [0.25, 0.3) is 0 Å². The second kappa shape index (κ2) is 4.29. The van der Waals surface area contributed by atoms with Crippen molar-refractivity contribution >= 4 is 16.9 Å². The fourth-order valence-corrected chi connectivity index (χ4v) is 2.00. The van der Waals surface area contributed by atoms with Crippen LogP contribution in [0.5, 0.6) is 0 Å². The summed E-state index contributed by atoms with van der Waals surface area (Å²) in [6.07, 6.45) is 1.81. The molecule has 2 aromatic rings. The number of carboxylic acid groups (broad SMARTS) is 1. The first-order chi connectivity index (χ1) is 8.48. The zero-order chi connectivity index (χ0) is 13.3. The lowest BCUT2D eigenvalue weighted by atomic mass is 9.85. The summed E-state index contributed by atoms with van der Waals surface area (Å²) < 4.78 is 1.77. The Morgan fingerprint density at radius 2 is 2.22 bits per heavy atom. The summed E-state index contributed by atoms with van der Waals surface area (Å²) >= 11 is 0. The first-order valence-corrected chi connectivity index (χ1v) is 5.75. The Balaban J connectivity index is 2.50. The number of rotatable bonds is 4. The van der Waals surface area contributed by atoms with Crippen molar-refractivity contribution in [2.75, 3.05) is 0 Å². The van der Waals surface area contributed by atoms with Gasteiger partial charge >= 0.3 is 5.97 Å². The normalized spacial score (nSPS) is 14.3. The minimum Gasteiger partial charge on any atom is -0.481 e. The van der Waals surface area contributed by atoms with Crippen LogP contribution in [0.3, 0.4) is 0 Å². The maximum Gasteiger partial charge on any atom is 0.313 e. The number of aryl methyl sites for hydroxylation is 1. The average molecular weight is 244 g/mol. The summed E-state index contributed by atoms with van der Waals surface area (Å²) in [5.41, 5.74) is 0.805. The number of hydrogen-bond acceptors (Lipinski definition) is 2. The third-order valence-electron chi connectivity index (χ3n) is 3.31. The van der Waals surface area contributed by atoms with Gasteiger partial charge in [0.05, 0.1) is 16.6 Å². The molecule has 2 rings (SSSR count). The molecule has 1 unspecified atom stereocenters. The smallest absolute Gasteiger partial charge is 0.313 e. The van der Waals surface area contributed by atoms with Gasteiger partial charge < -0.3 is 5.11 Å². The van der Waals surface area contributed by atoms with Crippen LogP contribution in [0.15, 0.2) is 36.9 Å². The molecule has 0 aliphatic rings. The van der Waals surface area contributed by atoms with Crippen LogP contribution in [0.25, 0.3) is 10.9 Å². The Morgan fingerprint density at radius 1 is 1.56 bits per heavy atom. The number of aromatic nitrogens is 2. The molecule has 0 saturated heterocycles. The third kappa shape index (κ3) is 1.90. The van der Waals surface area contributed by atoms with Gasteiger partial charge in [0.15, 0.2) is 0 Å². The van der Waals surface area contributed by atoms with Crippen LogP contribution in [0.1, 0.15) is 12.6 Å². The van der Waals surface area contributed by atoms with Crippen molar-refractivity contribution in [3.8, 4) is 0 Å². The molecule has 1 N–H and O–H groups in total. The van der Waals surface area contributed by atoms with Gasteiger partial charge in [-0.25, -0.2) is 0 Å². The van der Waals surface area contributed by atoms with Crippen molar-refractivity contribution in [2.45, 2.75) is 13.3 Å². The lowest BCUT2D eigenvalue weighted by molar-refractivity contribution is -0.145. The fourth-order valence-electron chi connectivity index (χ4n) is 2.00. The molecular formula is C14H16N2O2. The van der Waals surface area contributed by atoms with Gasteiger partial charge in [-0.2, -0.15) is 5.10 Å². The lowest BCUT2D eigenvalue weighted by Crippen LogP contribution is -2.27. The molecule has 4 nitrogen and oxygen atoms in total. The van der Waals surface area contributed by atoms with E-state index in [0.717, 1.165) is 16.6 Å². The van der Waals surface area contributed by atoms with E-state index in [1.807, 2.05) is 31.3 Å². The standard InChI is InChI=1S/C14H16N2O2/c1-4-14(2,13(17)18)9-11-10-7-5-6-8-12(10)16(3)15-11/h4-8H,1,9H2,2-3H3,(H,17,18). The predicted octanol–water partition coefficient (Wildman–Crippen LogP) is 2.39. The predicted molar refractivity (Wildman–Crippen MR) is 70.4 cm³/mol. The minimum atomic E-state index is -0.989. The molecular weight excluding hydrogens is 228 g/mol. The summed E-state index contributed by atoms with van der Waals surface area (Å²) in [4.78, 5) is 11.3. The molecule has 0 aliphatic heterocycles. The van der Waals surface area contributed by atoms with Gasteiger partial charge in [-0.15, -0.1) is 6.58 Å². The Labute approximate surface area is 106 Å². The van der Waals surface area contributed by atoms with Crippen LogP contribution in [-0.4, -0.2) is 20.9 Å². The van der Waals surface area contributed by atoms with Crippen molar-refractivity contribution in [1.82, 2.24) is 9.78 Å². The van der Waals surface area contributed by atoms with Crippen molar-refractivity contribution in [1.29, 1.82) is 0 Å². The Morgan fingerprint density at radius 3 is 2.83 bits per heavy atom. The maximum absolute atomic E-state index is 11.3. The first kappa shape index (κ1) is 12.4. The fraction of sp³-hybridized carbons (Fsp3) is 0.286. The van der Waals surface area contributed by atoms with E-state index in [2.05, 4.69) is 11.7 Å². The number of carboxylic acids is 1. The van der Waals surface area contributed by atoms with E-state index < -0.39 is 11.4 Å². The van der Waals surface area contributed by atoms with E-state index in [9.17, 15) is 9.90 Å². The SMILES string of the molecule is C=CC(C)(Cc1nn(C)c2ccccc12)C(=O)O. The highest BCUT2D eigenvalue weighted by atomic mass is 16.4. The number of hydrogen-bond donors (Lipinski definition) is 1. The van der Waals surface area contributed by atoms with Crippen LogP contribution < -0.4 is 0 Å². The highest BCUT2D eigenvalue weighted by Crippen LogP contribution is 2.27. The Hall–Kier alpha value is -2.10. The molecule has 1 heterocycles. The zero-order valence-corrected chi connectivity index (χ0v) is 10.6. The van der Waals surface area contributed by atoms with Crippen LogP contribution in [0, 0.1) is 5.41 Å². The maximum atomic E-state index is 11.3. The van der Waals surface area contributed by atoms with Gasteiger partial charge in [-0.1, -0.05) is 24.3 Å². The molecule has 4 heteroatoms. The average Bonchev–Trinajstić information content (AvgIpc) is 2.66. The Bertz CT molecular complexity index is 615. The molecule has 18 heavy (non-hydrogen) atoms. The number of fused-ring (bicyclic) bond motifs is 1. The molecule has 0 bridgehead atoms. The number of para-hydroxylation sites is 1. The van der Waals surface area contributed by atoms with Crippen molar-refractivity contribution in [3.63, 3.8) is 0 Å². The molecule has 0 fully saturated rings. The van der Waals surface area contributed by atoms with Crippen LogP contribution in [0.4, 0.5) is 0 Å². The van der Waals surface area contributed by atoms with Gasteiger partial charge in [-0.3, -0.25) is 9.48 Å². The molecule has 0 spiro atoms. The molecule has 0 radical (unpaired) electrons. The van der Waals surface area contributed by atoms with Gasteiger partial charge in [-0.05, 0) is 13.0 Å². The molecule has 0 saturated carbocycles. The van der Waals surface area contributed by atoms with Crippen molar-refractivity contribution < 1.29 is 9.90 Å². The zero-order valence-electron chi connectivity index (χ0n) is 10.6. The van der Waals surface area contributed by atoms with E-state index >= 15 is 0 Å². The summed E-state index contributed by atoms with van der Waals surface area (Å²) in [6, 6.07) is 7.80. The monoisotopic (exact) mass is 244 g/mol. The molecule has 1 aromatic carbocycles. The quantitative estimate of drug-likeness (QED) is 0.840. The van der Waals surface area contributed by atoms with Gasteiger partial charge in [0.1, 0.15) is 0 Å². The minimum absolute atomic E-state index is 0.340. The van der Waals surface area contributed by atoms with Gasteiger partial charge in [0.2, 0.25) is 0 Å². The molecule has 0 aliphatic carbocycles. The number of benzene rings is 1.